The molecule has 0 aliphatic carbocycles. The summed E-state index contributed by atoms with van der Waals surface area (Å²) >= 11 is 0. The van der Waals surface area contributed by atoms with Crippen molar-refractivity contribution in [2.45, 2.75) is 20.1 Å². The molecule has 0 saturated carbocycles. The molecule has 5 nitrogen and oxygen atoms in total. The molecular weight excluding hydrogens is 237 g/mol. The lowest BCUT2D eigenvalue weighted by Gasteiger charge is -2.06. The van der Waals surface area contributed by atoms with E-state index in [2.05, 4.69) is 15.5 Å². The molecule has 0 unspecified atom stereocenters. The van der Waals surface area contributed by atoms with Crippen molar-refractivity contribution in [1.29, 1.82) is 0 Å². The second-order valence-corrected chi connectivity index (χ2v) is 3.84. The van der Waals surface area contributed by atoms with Gasteiger partial charge in [-0.2, -0.15) is 4.98 Å². The van der Waals surface area contributed by atoms with Crippen LogP contribution in [0.15, 0.2) is 22.7 Å². The Balaban J connectivity index is 2.04. The van der Waals surface area contributed by atoms with Gasteiger partial charge in [-0.1, -0.05) is 5.16 Å². The lowest BCUT2D eigenvalue weighted by Crippen LogP contribution is -2.06. The molecule has 0 radical (unpaired) electrons. The quantitative estimate of drug-likeness (QED) is 0.878. The zero-order valence-electron chi connectivity index (χ0n) is 10.2. The van der Waals surface area contributed by atoms with E-state index in [9.17, 15) is 4.39 Å². The fraction of sp³-hybridized carbons (Fsp3) is 0.333. The van der Waals surface area contributed by atoms with Crippen LogP contribution in [0.5, 0.6) is 5.75 Å². The van der Waals surface area contributed by atoms with Gasteiger partial charge < -0.3 is 14.6 Å². The summed E-state index contributed by atoms with van der Waals surface area (Å²) in [6.07, 6.45) is 0. The summed E-state index contributed by atoms with van der Waals surface area (Å²) in [5.41, 5.74) is 0.816. The molecule has 96 valence electrons. The van der Waals surface area contributed by atoms with Crippen LogP contribution in [-0.4, -0.2) is 17.2 Å². The maximum Gasteiger partial charge on any atom is 0.223 e. The van der Waals surface area contributed by atoms with Crippen molar-refractivity contribution in [3.05, 3.63) is 41.3 Å². The molecule has 1 heterocycles. The van der Waals surface area contributed by atoms with Gasteiger partial charge in [0, 0.05) is 19.5 Å². The van der Waals surface area contributed by atoms with Gasteiger partial charge >= 0.3 is 0 Å². The zero-order valence-corrected chi connectivity index (χ0v) is 10.2. The number of nitrogens with zero attached hydrogens (tertiary/aromatic N) is 2. The van der Waals surface area contributed by atoms with Gasteiger partial charge in [0.15, 0.2) is 6.61 Å². The van der Waals surface area contributed by atoms with Crippen molar-refractivity contribution in [3.8, 4) is 5.75 Å². The van der Waals surface area contributed by atoms with E-state index in [1.54, 1.807) is 20.0 Å². The molecule has 0 bridgehead atoms. The molecule has 2 rings (SSSR count). The van der Waals surface area contributed by atoms with Crippen molar-refractivity contribution >= 4 is 0 Å². The monoisotopic (exact) mass is 251 g/mol. The van der Waals surface area contributed by atoms with Gasteiger partial charge in [-0.25, -0.2) is 4.39 Å². The molecule has 0 fully saturated rings. The SMILES string of the molecule is CNCc1cc(F)cc(OCc2noc(C)n2)c1. The number of halogens is 1. The Hall–Kier alpha value is -1.95. The number of hydrogen-bond donors (Lipinski definition) is 1. The van der Waals surface area contributed by atoms with Crippen LogP contribution in [0.2, 0.25) is 0 Å². The van der Waals surface area contributed by atoms with Crippen LogP contribution in [0.1, 0.15) is 17.3 Å². The number of benzene rings is 1. The molecule has 0 amide bonds. The molecule has 0 saturated heterocycles. The van der Waals surface area contributed by atoms with Gasteiger partial charge in [-0.3, -0.25) is 0 Å². The molecule has 0 aliphatic heterocycles. The highest BCUT2D eigenvalue weighted by Gasteiger charge is 2.05. The summed E-state index contributed by atoms with van der Waals surface area (Å²) in [6, 6.07) is 4.56. The van der Waals surface area contributed by atoms with E-state index in [-0.39, 0.29) is 12.4 Å². The van der Waals surface area contributed by atoms with E-state index < -0.39 is 0 Å². The van der Waals surface area contributed by atoms with Crippen LogP contribution in [0.4, 0.5) is 4.39 Å². The van der Waals surface area contributed by atoms with Crippen LogP contribution in [0.25, 0.3) is 0 Å². The number of aryl methyl sites for hydroxylation is 1. The Bertz CT molecular complexity index is 528. The predicted molar refractivity (Wildman–Crippen MR) is 62.5 cm³/mol. The van der Waals surface area contributed by atoms with Crippen LogP contribution in [-0.2, 0) is 13.2 Å². The fourth-order valence-corrected chi connectivity index (χ4v) is 1.56. The summed E-state index contributed by atoms with van der Waals surface area (Å²) in [5, 5.41) is 6.65. The Morgan fingerprint density at radius 1 is 1.39 bits per heavy atom. The minimum Gasteiger partial charge on any atom is -0.485 e. The molecule has 1 aromatic carbocycles. The summed E-state index contributed by atoms with van der Waals surface area (Å²) in [6.45, 7) is 2.43. The Kier molecular flexibility index (Phi) is 3.88. The van der Waals surface area contributed by atoms with Crippen molar-refractivity contribution in [2.75, 3.05) is 7.05 Å². The number of aromatic nitrogens is 2. The van der Waals surface area contributed by atoms with E-state index in [4.69, 9.17) is 9.26 Å². The number of hydrogen-bond acceptors (Lipinski definition) is 5. The normalized spacial score (nSPS) is 10.6. The highest BCUT2D eigenvalue weighted by atomic mass is 19.1. The summed E-state index contributed by atoms with van der Waals surface area (Å²) in [4.78, 5) is 4.00. The molecule has 18 heavy (non-hydrogen) atoms. The second-order valence-electron chi connectivity index (χ2n) is 3.84. The van der Waals surface area contributed by atoms with Crippen LogP contribution < -0.4 is 10.1 Å². The van der Waals surface area contributed by atoms with Gasteiger partial charge in [-0.15, -0.1) is 0 Å². The minimum absolute atomic E-state index is 0.153. The number of ether oxygens (including phenoxy) is 1. The standard InChI is InChI=1S/C12H14FN3O2/c1-8-15-12(16-18-8)7-17-11-4-9(6-14-2)3-10(13)5-11/h3-5,14H,6-7H2,1-2H3. The van der Waals surface area contributed by atoms with Crippen molar-refractivity contribution < 1.29 is 13.7 Å². The molecule has 1 aromatic heterocycles. The Morgan fingerprint density at radius 3 is 2.89 bits per heavy atom. The van der Waals surface area contributed by atoms with Crippen LogP contribution in [0, 0.1) is 12.7 Å². The molecular formula is C12H14FN3O2. The van der Waals surface area contributed by atoms with Crippen molar-refractivity contribution in [3.63, 3.8) is 0 Å². The molecule has 0 spiro atoms. The third kappa shape index (κ3) is 3.27. The van der Waals surface area contributed by atoms with Gasteiger partial charge in [0.1, 0.15) is 11.6 Å². The number of rotatable bonds is 5. The third-order valence-electron chi connectivity index (χ3n) is 2.25. The lowest BCUT2D eigenvalue weighted by molar-refractivity contribution is 0.284. The largest absolute Gasteiger partial charge is 0.485 e. The van der Waals surface area contributed by atoms with Crippen LogP contribution >= 0.6 is 0 Å². The van der Waals surface area contributed by atoms with E-state index >= 15 is 0 Å². The van der Waals surface area contributed by atoms with E-state index in [0.717, 1.165) is 5.56 Å². The van der Waals surface area contributed by atoms with Crippen molar-refractivity contribution in [2.24, 2.45) is 0 Å². The summed E-state index contributed by atoms with van der Waals surface area (Å²) in [7, 11) is 1.80. The summed E-state index contributed by atoms with van der Waals surface area (Å²) < 4.78 is 23.6. The Morgan fingerprint density at radius 2 is 2.22 bits per heavy atom. The average molecular weight is 251 g/mol. The van der Waals surface area contributed by atoms with E-state index in [1.807, 2.05) is 0 Å². The topological polar surface area (TPSA) is 60.2 Å². The molecule has 1 N–H and O–H groups in total. The van der Waals surface area contributed by atoms with Gasteiger partial charge in [0.2, 0.25) is 11.7 Å². The first-order chi connectivity index (χ1) is 8.67. The first kappa shape index (κ1) is 12.5. The molecule has 2 aromatic rings. The second kappa shape index (κ2) is 5.59. The summed E-state index contributed by atoms with van der Waals surface area (Å²) in [5.74, 6) is 1.03. The molecule has 6 heteroatoms. The predicted octanol–water partition coefficient (Wildman–Crippen LogP) is 1.82. The maximum absolute atomic E-state index is 13.3. The first-order valence-corrected chi connectivity index (χ1v) is 5.53. The average Bonchev–Trinajstić information content (AvgIpc) is 2.72. The smallest absolute Gasteiger partial charge is 0.223 e. The zero-order chi connectivity index (χ0) is 13.0. The van der Waals surface area contributed by atoms with Crippen molar-refractivity contribution in [1.82, 2.24) is 15.5 Å². The Labute approximate surface area is 104 Å². The third-order valence-corrected chi connectivity index (χ3v) is 2.25. The van der Waals surface area contributed by atoms with E-state index in [0.29, 0.717) is 24.0 Å². The number of nitrogens with one attached hydrogen (secondary N) is 1. The molecule has 0 atom stereocenters. The van der Waals surface area contributed by atoms with E-state index in [1.165, 1.54) is 12.1 Å². The molecule has 0 aliphatic rings. The highest BCUT2D eigenvalue weighted by molar-refractivity contribution is 5.29. The lowest BCUT2D eigenvalue weighted by atomic mass is 10.2. The van der Waals surface area contributed by atoms with Gasteiger partial charge in [0.05, 0.1) is 0 Å². The first-order valence-electron chi connectivity index (χ1n) is 5.53. The highest BCUT2D eigenvalue weighted by Crippen LogP contribution is 2.17. The minimum atomic E-state index is -0.331. The van der Waals surface area contributed by atoms with Gasteiger partial charge in [-0.05, 0) is 24.7 Å². The van der Waals surface area contributed by atoms with Gasteiger partial charge in [0.25, 0.3) is 0 Å². The van der Waals surface area contributed by atoms with Crippen LogP contribution in [0.3, 0.4) is 0 Å². The maximum atomic E-state index is 13.3. The fourth-order valence-electron chi connectivity index (χ4n) is 1.56.